The SMILES string of the molecule is CC1CN(CCN2CCCCC2)CCC1O. The van der Waals surface area contributed by atoms with Crippen LogP contribution in [-0.2, 0) is 0 Å². The first-order chi connectivity index (χ1) is 7.75. The number of piperidine rings is 2. The third kappa shape index (κ3) is 3.44. The predicted octanol–water partition coefficient (Wildman–Crippen LogP) is 1.17. The Balaban J connectivity index is 1.65. The molecule has 0 saturated carbocycles. The third-order valence-corrected chi connectivity index (χ3v) is 4.13. The zero-order chi connectivity index (χ0) is 11.4. The highest BCUT2D eigenvalue weighted by atomic mass is 16.3. The maximum Gasteiger partial charge on any atom is 0.0590 e. The minimum absolute atomic E-state index is 0.0637. The largest absolute Gasteiger partial charge is 0.393 e. The van der Waals surface area contributed by atoms with Crippen molar-refractivity contribution in [1.82, 2.24) is 9.80 Å². The van der Waals surface area contributed by atoms with E-state index in [2.05, 4.69) is 16.7 Å². The standard InChI is InChI=1S/C13H26N2O/c1-12-11-15(8-5-13(12)16)10-9-14-6-3-2-4-7-14/h12-13,16H,2-11H2,1H3. The highest BCUT2D eigenvalue weighted by Gasteiger charge is 2.24. The van der Waals surface area contributed by atoms with E-state index in [0.29, 0.717) is 5.92 Å². The van der Waals surface area contributed by atoms with Crippen LogP contribution in [0.25, 0.3) is 0 Å². The van der Waals surface area contributed by atoms with Gasteiger partial charge in [0.15, 0.2) is 0 Å². The molecule has 2 heterocycles. The van der Waals surface area contributed by atoms with Crippen LogP contribution >= 0.6 is 0 Å². The summed E-state index contributed by atoms with van der Waals surface area (Å²) in [4.78, 5) is 5.12. The summed E-state index contributed by atoms with van der Waals surface area (Å²) in [6.45, 7) is 9.34. The molecule has 2 fully saturated rings. The Hall–Kier alpha value is -0.120. The fourth-order valence-electron chi connectivity index (χ4n) is 2.89. The molecule has 2 atom stereocenters. The minimum atomic E-state index is -0.0637. The van der Waals surface area contributed by atoms with Crippen molar-refractivity contribution < 1.29 is 5.11 Å². The molecule has 0 bridgehead atoms. The van der Waals surface area contributed by atoms with E-state index in [1.165, 1.54) is 45.4 Å². The average molecular weight is 226 g/mol. The maximum absolute atomic E-state index is 9.68. The lowest BCUT2D eigenvalue weighted by Gasteiger charge is -2.36. The fourth-order valence-corrected chi connectivity index (χ4v) is 2.89. The Labute approximate surface area is 99.4 Å². The van der Waals surface area contributed by atoms with Crippen LogP contribution in [0.2, 0.25) is 0 Å². The van der Waals surface area contributed by atoms with Crippen LogP contribution in [-0.4, -0.2) is 60.3 Å². The Kier molecular flexibility index (Phi) is 4.62. The second kappa shape index (κ2) is 5.99. The van der Waals surface area contributed by atoms with Gasteiger partial charge in [-0.25, -0.2) is 0 Å². The first-order valence-electron chi connectivity index (χ1n) is 6.88. The van der Waals surface area contributed by atoms with E-state index in [0.717, 1.165) is 19.5 Å². The van der Waals surface area contributed by atoms with E-state index in [4.69, 9.17) is 0 Å². The lowest BCUT2D eigenvalue weighted by molar-refractivity contribution is 0.0306. The van der Waals surface area contributed by atoms with Gasteiger partial charge in [0.25, 0.3) is 0 Å². The molecule has 0 aliphatic carbocycles. The van der Waals surface area contributed by atoms with Gasteiger partial charge in [0.2, 0.25) is 0 Å². The first kappa shape index (κ1) is 12.3. The predicted molar refractivity (Wildman–Crippen MR) is 66.5 cm³/mol. The molecular weight excluding hydrogens is 200 g/mol. The van der Waals surface area contributed by atoms with Gasteiger partial charge < -0.3 is 14.9 Å². The molecule has 0 radical (unpaired) electrons. The molecule has 0 amide bonds. The van der Waals surface area contributed by atoms with Crippen LogP contribution in [0.3, 0.4) is 0 Å². The van der Waals surface area contributed by atoms with Gasteiger partial charge in [-0.1, -0.05) is 13.3 Å². The molecule has 2 saturated heterocycles. The zero-order valence-electron chi connectivity index (χ0n) is 10.6. The molecule has 2 aliphatic rings. The molecule has 2 unspecified atom stereocenters. The van der Waals surface area contributed by atoms with Gasteiger partial charge >= 0.3 is 0 Å². The van der Waals surface area contributed by atoms with Crippen LogP contribution in [0.1, 0.15) is 32.6 Å². The van der Waals surface area contributed by atoms with Gasteiger partial charge in [-0.3, -0.25) is 0 Å². The summed E-state index contributed by atoms with van der Waals surface area (Å²) in [6.07, 6.45) is 5.08. The molecule has 0 spiro atoms. The van der Waals surface area contributed by atoms with E-state index in [9.17, 15) is 5.11 Å². The molecule has 3 nitrogen and oxygen atoms in total. The van der Waals surface area contributed by atoms with Crippen molar-refractivity contribution in [3.05, 3.63) is 0 Å². The molecule has 2 rings (SSSR count). The summed E-state index contributed by atoms with van der Waals surface area (Å²) in [7, 11) is 0. The van der Waals surface area contributed by atoms with E-state index >= 15 is 0 Å². The Morgan fingerprint density at radius 2 is 1.69 bits per heavy atom. The van der Waals surface area contributed by atoms with Crippen LogP contribution < -0.4 is 0 Å². The van der Waals surface area contributed by atoms with E-state index < -0.39 is 0 Å². The van der Waals surface area contributed by atoms with Crippen molar-refractivity contribution in [3.63, 3.8) is 0 Å². The number of aliphatic hydroxyl groups is 1. The van der Waals surface area contributed by atoms with Gasteiger partial charge in [0.1, 0.15) is 0 Å². The molecule has 0 aromatic carbocycles. The quantitative estimate of drug-likeness (QED) is 0.783. The van der Waals surface area contributed by atoms with Gasteiger partial charge in [0, 0.05) is 26.2 Å². The van der Waals surface area contributed by atoms with Gasteiger partial charge in [-0.2, -0.15) is 0 Å². The molecule has 94 valence electrons. The number of rotatable bonds is 3. The van der Waals surface area contributed by atoms with Crippen LogP contribution in [0.15, 0.2) is 0 Å². The monoisotopic (exact) mass is 226 g/mol. The lowest BCUT2D eigenvalue weighted by Crippen LogP contribution is -2.45. The summed E-state index contributed by atoms with van der Waals surface area (Å²) in [5, 5.41) is 9.68. The Morgan fingerprint density at radius 1 is 1.00 bits per heavy atom. The van der Waals surface area contributed by atoms with E-state index in [-0.39, 0.29) is 6.10 Å². The van der Waals surface area contributed by atoms with Gasteiger partial charge in [-0.15, -0.1) is 0 Å². The lowest BCUT2D eigenvalue weighted by atomic mass is 9.97. The number of nitrogens with zero attached hydrogens (tertiary/aromatic N) is 2. The summed E-state index contributed by atoms with van der Waals surface area (Å²) < 4.78 is 0. The molecule has 0 aromatic rings. The normalized spacial score (nSPS) is 34.1. The summed E-state index contributed by atoms with van der Waals surface area (Å²) in [5.74, 6) is 0.454. The molecule has 16 heavy (non-hydrogen) atoms. The van der Waals surface area contributed by atoms with Crippen molar-refractivity contribution in [2.45, 2.75) is 38.7 Å². The number of aliphatic hydroxyl groups excluding tert-OH is 1. The van der Waals surface area contributed by atoms with Crippen LogP contribution in [0.5, 0.6) is 0 Å². The summed E-state index contributed by atoms with van der Waals surface area (Å²) in [6, 6.07) is 0. The van der Waals surface area contributed by atoms with Crippen LogP contribution in [0.4, 0.5) is 0 Å². The highest BCUT2D eigenvalue weighted by molar-refractivity contribution is 4.78. The first-order valence-corrected chi connectivity index (χ1v) is 6.88. The second-order valence-corrected chi connectivity index (χ2v) is 5.54. The molecule has 1 N–H and O–H groups in total. The molecule has 3 heteroatoms. The van der Waals surface area contributed by atoms with Crippen molar-refractivity contribution in [3.8, 4) is 0 Å². The fraction of sp³-hybridized carbons (Fsp3) is 1.00. The van der Waals surface area contributed by atoms with Crippen molar-refractivity contribution >= 4 is 0 Å². The van der Waals surface area contributed by atoms with Gasteiger partial charge in [0.05, 0.1) is 6.10 Å². The number of hydrogen-bond acceptors (Lipinski definition) is 3. The molecular formula is C13H26N2O. The zero-order valence-corrected chi connectivity index (χ0v) is 10.6. The summed E-state index contributed by atoms with van der Waals surface area (Å²) in [5.41, 5.74) is 0. The third-order valence-electron chi connectivity index (χ3n) is 4.13. The topological polar surface area (TPSA) is 26.7 Å². The second-order valence-electron chi connectivity index (χ2n) is 5.54. The van der Waals surface area contributed by atoms with Crippen molar-refractivity contribution in [1.29, 1.82) is 0 Å². The molecule has 0 aromatic heterocycles. The van der Waals surface area contributed by atoms with Crippen LogP contribution in [0, 0.1) is 5.92 Å². The van der Waals surface area contributed by atoms with Gasteiger partial charge in [-0.05, 0) is 38.3 Å². The summed E-state index contributed by atoms with van der Waals surface area (Å²) >= 11 is 0. The van der Waals surface area contributed by atoms with E-state index in [1.807, 2.05) is 0 Å². The Bertz CT molecular complexity index is 204. The minimum Gasteiger partial charge on any atom is -0.393 e. The van der Waals surface area contributed by atoms with E-state index in [1.54, 1.807) is 0 Å². The van der Waals surface area contributed by atoms with Crippen molar-refractivity contribution in [2.75, 3.05) is 39.3 Å². The average Bonchev–Trinajstić information content (AvgIpc) is 2.32. The molecule has 2 aliphatic heterocycles. The number of likely N-dealkylation sites (tertiary alicyclic amines) is 2. The van der Waals surface area contributed by atoms with Crippen molar-refractivity contribution in [2.24, 2.45) is 5.92 Å². The highest BCUT2D eigenvalue weighted by Crippen LogP contribution is 2.16. The number of hydrogen-bond donors (Lipinski definition) is 1. The smallest absolute Gasteiger partial charge is 0.0590 e. The maximum atomic E-state index is 9.68. The Morgan fingerprint density at radius 3 is 2.38 bits per heavy atom.